The highest BCUT2D eigenvalue weighted by Crippen LogP contribution is 2.25. The minimum Gasteiger partial charge on any atom is -0.379 e. The Bertz CT molecular complexity index is 819. The zero-order valence-electron chi connectivity index (χ0n) is 17.5. The first-order valence-electron chi connectivity index (χ1n) is 10.9. The number of carbonyl (C=O) groups excluding carboxylic acids is 1. The number of aromatic nitrogens is 4. The van der Waals surface area contributed by atoms with Crippen molar-refractivity contribution in [2.75, 3.05) is 50.8 Å². The predicted octanol–water partition coefficient (Wildman–Crippen LogP) is 0.855. The molecule has 0 saturated carbocycles. The summed E-state index contributed by atoms with van der Waals surface area (Å²) in [6.45, 7) is 7.25. The third-order valence-electron chi connectivity index (χ3n) is 5.76. The standard InChI is InChI=1S/C21H31N7O2/c29-21(22-9-12-27-10-3-6-18-5-1-2-7-19(18)27)8-4-11-28-20(23-24-25-28)17-26-13-15-30-16-14-26/h1-2,5,7H,3-4,6,8-17H2,(H,22,29). The topological polar surface area (TPSA) is 88.4 Å². The SMILES string of the molecule is O=C(CCCn1nnnc1CN1CCOCC1)NCCN1CCCc2ccccc21. The summed E-state index contributed by atoms with van der Waals surface area (Å²) in [4.78, 5) is 16.9. The molecule has 1 aromatic heterocycles. The lowest BCUT2D eigenvalue weighted by Gasteiger charge is -2.31. The smallest absolute Gasteiger partial charge is 0.220 e. The highest BCUT2D eigenvalue weighted by molar-refractivity contribution is 5.75. The van der Waals surface area contributed by atoms with Crippen LogP contribution >= 0.6 is 0 Å². The molecule has 1 N–H and O–H groups in total. The van der Waals surface area contributed by atoms with Crippen LogP contribution < -0.4 is 10.2 Å². The number of benzene rings is 1. The Labute approximate surface area is 177 Å². The molecule has 2 aliphatic heterocycles. The summed E-state index contributed by atoms with van der Waals surface area (Å²) in [5.41, 5.74) is 2.72. The van der Waals surface area contributed by atoms with Gasteiger partial charge in [0.1, 0.15) is 0 Å². The molecule has 0 aliphatic carbocycles. The normalized spacial score (nSPS) is 17.0. The number of amides is 1. The molecule has 1 amide bonds. The Morgan fingerprint density at radius 2 is 2.00 bits per heavy atom. The van der Waals surface area contributed by atoms with Crippen molar-refractivity contribution < 1.29 is 9.53 Å². The summed E-state index contributed by atoms with van der Waals surface area (Å²) >= 11 is 0. The Balaban J connectivity index is 1.15. The van der Waals surface area contributed by atoms with Crippen LogP contribution in [0.3, 0.4) is 0 Å². The maximum absolute atomic E-state index is 12.2. The summed E-state index contributed by atoms with van der Waals surface area (Å²) in [5, 5.41) is 15.1. The van der Waals surface area contributed by atoms with Crippen LogP contribution in [0.5, 0.6) is 0 Å². The number of hydrogen-bond acceptors (Lipinski definition) is 7. The third kappa shape index (κ3) is 5.54. The number of aryl methyl sites for hydroxylation is 2. The molecule has 162 valence electrons. The van der Waals surface area contributed by atoms with Crippen molar-refractivity contribution in [1.82, 2.24) is 30.4 Å². The van der Waals surface area contributed by atoms with Crippen LogP contribution in [0, 0.1) is 0 Å². The van der Waals surface area contributed by atoms with Crippen LogP contribution in [-0.4, -0.2) is 77.0 Å². The van der Waals surface area contributed by atoms with E-state index < -0.39 is 0 Å². The molecule has 0 atom stereocenters. The van der Waals surface area contributed by atoms with Crippen molar-refractivity contribution in [2.45, 2.75) is 38.8 Å². The number of anilines is 1. The van der Waals surface area contributed by atoms with E-state index in [1.165, 1.54) is 17.7 Å². The van der Waals surface area contributed by atoms with Gasteiger partial charge in [0.15, 0.2) is 5.82 Å². The lowest BCUT2D eigenvalue weighted by molar-refractivity contribution is -0.121. The van der Waals surface area contributed by atoms with Gasteiger partial charge >= 0.3 is 0 Å². The Morgan fingerprint density at radius 1 is 1.13 bits per heavy atom. The van der Waals surface area contributed by atoms with E-state index >= 15 is 0 Å². The van der Waals surface area contributed by atoms with E-state index in [1.54, 1.807) is 0 Å². The molecule has 1 fully saturated rings. The van der Waals surface area contributed by atoms with E-state index in [-0.39, 0.29) is 5.91 Å². The van der Waals surface area contributed by atoms with Crippen molar-refractivity contribution >= 4 is 11.6 Å². The monoisotopic (exact) mass is 413 g/mol. The molecule has 0 bridgehead atoms. The van der Waals surface area contributed by atoms with Crippen molar-refractivity contribution in [2.24, 2.45) is 0 Å². The second-order valence-electron chi connectivity index (χ2n) is 7.88. The van der Waals surface area contributed by atoms with E-state index in [9.17, 15) is 4.79 Å². The molecule has 3 heterocycles. The van der Waals surface area contributed by atoms with E-state index in [4.69, 9.17) is 4.74 Å². The average Bonchev–Trinajstić information content (AvgIpc) is 3.21. The number of carbonyl (C=O) groups is 1. The summed E-state index contributed by atoms with van der Waals surface area (Å²) in [6.07, 6.45) is 3.51. The van der Waals surface area contributed by atoms with Crippen molar-refractivity contribution in [3.63, 3.8) is 0 Å². The largest absolute Gasteiger partial charge is 0.379 e. The molecule has 9 heteroatoms. The summed E-state index contributed by atoms with van der Waals surface area (Å²) in [6, 6.07) is 8.56. The van der Waals surface area contributed by atoms with Gasteiger partial charge in [-0.15, -0.1) is 5.10 Å². The minimum absolute atomic E-state index is 0.0862. The number of nitrogens with zero attached hydrogens (tertiary/aromatic N) is 6. The van der Waals surface area contributed by atoms with Crippen LogP contribution in [0.25, 0.3) is 0 Å². The maximum atomic E-state index is 12.2. The highest BCUT2D eigenvalue weighted by atomic mass is 16.5. The maximum Gasteiger partial charge on any atom is 0.220 e. The summed E-state index contributed by atoms with van der Waals surface area (Å²) in [7, 11) is 0. The van der Waals surface area contributed by atoms with Gasteiger partial charge in [-0.1, -0.05) is 18.2 Å². The molecule has 0 unspecified atom stereocenters. The molecule has 0 spiro atoms. The first-order chi connectivity index (χ1) is 14.8. The van der Waals surface area contributed by atoms with Gasteiger partial charge in [0.25, 0.3) is 0 Å². The number of tetrazole rings is 1. The second-order valence-corrected chi connectivity index (χ2v) is 7.88. The van der Waals surface area contributed by atoms with Crippen LogP contribution in [0.15, 0.2) is 24.3 Å². The molecule has 1 aromatic carbocycles. The zero-order chi connectivity index (χ0) is 20.6. The van der Waals surface area contributed by atoms with Gasteiger partial charge in [0.05, 0.1) is 19.8 Å². The summed E-state index contributed by atoms with van der Waals surface area (Å²) in [5.74, 6) is 0.934. The molecule has 0 radical (unpaired) electrons. The van der Waals surface area contributed by atoms with E-state index in [1.807, 2.05) is 4.68 Å². The number of hydrogen-bond donors (Lipinski definition) is 1. The first-order valence-corrected chi connectivity index (χ1v) is 10.9. The molecule has 2 aliphatic rings. The Morgan fingerprint density at radius 3 is 2.90 bits per heavy atom. The fourth-order valence-corrected chi connectivity index (χ4v) is 4.12. The minimum atomic E-state index is 0.0862. The number of ether oxygens (including phenoxy) is 1. The van der Waals surface area contributed by atoms with E-state index in [0.29, 0.717) is 19.5 Å². The Hall–Kier alpha value is -2.52. The van der Waals surface area contributed by atoms with Crippen molar-refractivity contribution in [1.29, 1.82) is 0 Å². The number of para-hydroxylation sites is 1. The van der Waals surface area contributed by atoms with Gasteiger partial charge in [-0.3, -0.25) is 9.69 Å². The van der Waals surface area contributed by atoms with Gasteiger partial charge in [0, 0.05) is 51.4 Å². The fourth-order valence-electron chi connectivity index (χ4n) is 4.12. The van der Waals surface area contributed by atoms with Gasteiger partial charge in [-0.2, -0.15) is 0 Å². The molecular weight excluding hydrogens is 382 g/mol. The molecular formula is C21H31N7O2. The van der Waals surface area contributed by atoms with Crippen molar-refractivity contribution in [3.8, 4) is 0 Å². The number of rotatable bonds is 9. The molecule has 9 nitrogen and oxygen atoms in total. The van der Waals surface area contributed by atoms with Gasteiger partial charge in [0.2, 0.25) is 5.91 Å². The van der Waals surface area contributed by atoms with Crippen molar-refractivity contribution in [3.05, 3.63) is 35.7 Å². The van der Waals surface area contributed by atoms with Crippen LogP contribution in [0.2, 0.25) is 0 Å². The Kier molecular flexibility index (Phi) is 7.25. The number of morpholine rings is 1. The zero-order valence-corrected chi connectivity index (χ0v) is 17.5. The highest BCUT2D eigenvalue weighted by Gasteiger charge is 2.17. The van der Waals surface area contributed by atoms with Gasteiger partial charge in [-0.25, -0.2) is 4.68 Å². The lowest BCUT2D eigenvalue weighted by Crippen LogP contribution is -2.37. The first kappa shape index (κ1) is 20.7. The van der Waals surface area contributed by atoms with Crippen LogP contribution in [-0.2, 0) is 29.0 Å². The number of fused-ring (bicyclic) bond motifs is 1. The van der Waals surface area contributed by atoms with Crippen LogP contribution in [0.1, 0.15) is 30.7 Å². The summed E-state index contributed by atoms with van der Waals surface area (Å²) < 4.78 is 7.19. The van der Waals surface area contributed by atoms with Gasteiger partial charge < -0.3 is 15.0 Å². The molecule has 30 heavy (non-hydrogen) atoms. The molecule has 2 aromatic rings. The third-order valence-corrected chi connectivity index (χ3v) is 5.76. The fraction of sp³-hybridized carbons (Fsp3) is 0.619. The molecule has 4 rings (SSSR count). The van der Waals surface area contributed by atoms with Crippen LogP contribution in [0.4, 0.5) is 5.69 Å². The predicted molar refractivity (Wildman–Crippen MR) is 113 cm³/mol. The average molecular weight is 414 g/mol. The van der Waals surface area contributed by atoms with E-state index in [0.717, 1.165) is 64.6 Å². The number of nitrogens with one attached hydrogen (secondary N) is 1. The molecule has 1 saturated heterocycles. The second kappa shape index (κ2) is 10.5. The van der Waals surface area contributed by atoms with E-state index in [2.05, 4.69) is 54.9 Å². The van der Waals surface area contributed by atoms with Gasteiger partial charge in [-0.05, 0) is 41.3 Å². The lowest BCUT2D eigenvalue weighted by atomic mass is 10.0. The quantitative estimate of drug-likeness (QED) is 0.652.